The molecule has 1 unspecified atom stereocenters. The van der Waals surface area contributed by atoms with Gasteiger partial charge in [-0.2, -0.15) is 5.26 Å². The quantitative estimate of drug-likeness (QED) is 0.119. The number of esters is 1. The molecule has 0 saturated carbocycles. The molecule has 1 aliphatic rings. The first kappa shape index (κ1) is 28.6. The number of allylic oxidation sites excluding steroid dienone is 1. The molecule has 1 atom stereocenters. The fourth-order valence-electron chi connectivity index (χ4n) is 5.15. The molecule has 1 aromatic heterocycles. The number of fused-ring (bicyclic) bond motifs is 2. The molecule has 0 saturated heterocycles. The number of hydrogen-bond donors (Lipinski definition) is 1. The summed E-state index contributed by atoms with van der Waals surface area (Å²) in [6.45, 7) is 8.90. The number of ether oxygens (including phenoxy) is 4. The zero-order valence-corrected chi connectivity index (χ0v) is 24.3. The second kappa shape index (κ2) is 12.3. The summed E-state index contributed by atoms with van der Waals surface area (Å²) >= 11 is 0. The van der Waals surface area contributed by atoms with Crippen molar-refractivity contribution in [3.8, 4) is 29.1 Å². The molecule has 42 heavy (non-hydrogen) atoms. The normalized spacial score (nSPS) is 14.2. The van der Waals surface area contributed by atoms with Gasteiger partial charge in [-0.1, -0.05) is 44.0 Å². The zero-order chi connectivity index (χ0) is 29.8. The van der Waals surface area contributed by atoms with Crippen LogP contribution in [0, 0.1) is 25.2 Å². The molecule has 0 bridgehead atoms. The Labute approximate surface area is 245 Å². The number of nitrogens with zero attached hydrogens (tertiary/aromatic N) is 1. The van der Waals surface area contributed by atoms with Gasteiger partial charge in [-0.05, 0) is 62.6 Å². The van der Waals surface area contributed by atoms with E-state index in [-0.39, 0.29) is 23.0 Å². The lowest BCUT2D eigenvalue weighted by molar-refractivity contribution is 0.0702. The van der Waals surface area contributed by atoms with E-state index in [1.54, 1.807) is 18.2 Å². The Morgan fingerprint density at radius 2 is 1.83 bits per heavy atom. The summed E-state index contributed by atoms with van der Waals surface area (Å²) in [5, 5.41) is 10.9. The minimum Gasteiger partial charge on any atom is -0.490 e. The Kier molecular flexibility index (Phi) is 8.39. The Morgan fingerprint density at radius 1 is 1.00 bits per heavy atom. The van der Waals surface area contributed by atoms with Gasteiger partial charge in [-0.15, -0.1) is 0 Å². The molecular formula is C34H34N2O6. The molecule has 0 fully saturated rings. The summed E-state index contributed by atoms with van der Waals surface area (Å²) in [4.78, 5) is 13.1. The minimum atomic E-state index is -0.620. The van der Waals surface area contributed by atoms with E-state index in [1.165, 1.54) is 0 Å². The molecule has 216 valence electrons. The summed E-state index contributed by atoms with van der Waals surface area (Å²) in [6, 6.07) is 18.7. The van der Waals surface area contributed by atoms with E-state index >= 15 is 0 Å². The van der Waals surface area contributed by atoms with E-state index in [1.807, 2.05) is 57.2 Å². The Morgan fingerprint density at radius 3 is 2.60 bits per heavy atom. The Bertz CT molecular complexity index is 1710. The van der Waals surface area contributed by atoms with Crippen LogP contribution < -0.4 is 24.7 Å². The lowest BCUT2D eigenvalue weighted by atomic mass is 9.83. The summed E-state index contributed by atoms with van der Waals surface area (Å²) in [5.41, 5.74) is 10.4. The third-order valence-corrected chi connectivity index (χ3v) is 7.29. The van der Waals surface area contributed by atoms with Gasteiger partial charge < -0.3 is 29.1 Å². The monoisotopic (exact) mass is 566 g/mol. The van der Waals surface area contributed by atoms with E-state index in [0.29, 0.717) is 47.2 Å². The van der Waals surface area contributed by atoms with Crippen molar-refractivity contribution in [1.82, 2.24) is 0 Å². The highest BCUT2D eigenvalue weighted by atomic mass is 16.5. The topological polar surface area (TPSA) is 117 Å². The molecule has 2 N–H and O–H groups in total. The van der Waals surface area contributed by atoms with Crippen LogP contribution in [-0.4, -0.2) is 19.2 Å². The fraction of sp³-hybridized carbons (Fsp3) is 0.294. The summed E-state index contributed by atoms with van der Waals surface area (Å²) < 4.78 is 29.3. The van der Waals surface area contributed by atoms with Gasteiger partial charge >= 0.3 is 5.97 Å². The maximum Gasteiger partial charge on any atom is 0.379 e. The van der Waals surface area contributed by atoms with Gasteiger partial charge in [-0.3, -0.25) is 0 Å². The predicted molar refractivity (Wildman–Crippen MR) is 159 cm³/mol. The highest BCUT2D eigenvalue weighted by molar-refractivity contribution is 5.97. The minimum absolute atomic E-state index is 0.0140. The van der Waals surface area contributed by atoms with Gasteiger partial charge in [0.15, 0.2) is 11.5 Å². The first-order chi connectivity index (χ1) is 20.3. The van der Waals surface area contributed by atoms with Crippen molar-refractivity contribution in [1.29, 1.82) is 5.26 Å². The van der Waals surface area contributed by atoms with Crippen LogP contribution in [0.4, 0.5) is 0 Å². The summed E-state index contributed by atoms with van der Waals surface area (Å²) in [6.07, 6.45) is 3.15. The standard InChI is InChI=1S/C34H34N2O6/c1-5-7-8-15-39-27-14-10-22(17-30(27)38-6-2)31-25-13-11-23(18-29(25)42-33(36)26(31)19-35)40-34(37)32-21(4)24-12-9-20(3)16-28(24)41-32/h9-14,16-18,31H,5-8,15,36H2,1-4H3. The van der Waals surface area contributed by atoms with Gasteiger partial charge in [0.05, 0.1) is 19.1 Å². The van der Waals surface area contributed by atoms with Gasteiger partial charge in [0, 0.05) is 22.6 Å². The number of carbonyl (C=O) groups is 1. The molecule has 8 heteroatoms. The number of unbranched alkanes of at least 4 members (excludes halogenated alkanes) is 2. The Hall–Kier alpha value is -4.90. The van der Waals surface area contributed by atoms with E-state index in [0.717, 1.165) is 35.8 Å². The van der Waals surface area contributed by atoms with Crippen LogP contribution in [0.3, 0.4) is 0 Å². The van der Waals surface area contributed by atoms with E-state index in [2.05, 4.69) is 13.0 Å². The number of nitrogens with two attached hydrogens (primary N) is 1. The van der Waals surface area contributed by atoms with Crippen LogP contribution in [-0.2, 0) is 0 Å². The van der Waals surface area contributed by atoms with Crippen LogP contribution in [0.15, 0.2) is 70.5 Å². The molecule has 1 aliphatic heterocycles. The molecule has 0 amide bonds. The van der Waals surface area contributed by atoms with Crippen LogP contribution in [0.1, 0.15) is 71.8 Å². The summed E-state index contributed by atoms with van der Waals surface area (Å²) in [5.74, 6) is 0.876. The smallest absolute Gasteiger partial charge is 0.379 e. The van der Waals surface area contributed by atoms with Crippen molar-refractivity contribution in [2.45, 2.75) is 52.9 Å². The first-order valence-electron chi connectivity index (χ1n) is 14.2. The lowest BCUT2D eigenvalue weighted by Crippen LogP contribution is -2.21. The van der Waals surface area contributed by atoms with Crippen molar-refractivity contribution in [3.05, 3.63) is 94.1 Å². The molecule has 3 aromatic carbocycles. The second-order valence-electron chi connectivity index (χ2n) is 10.3. The number of nitriles is 1. The zero-order valence-electron chi connectivity index (χ0n) is 24.3. The van der Waals surface area contributed by atoms with Crippen molar-refractivity contribution < 1.29 is 28.2 Å². The lowest BCUT2D eigenvalue weighted by Gasteiger charge is -2.27. The van der Waals surface area contributed by atoms with Gasteiger partial charge in [0.2, 0.25) is 11.6 Å². The average molecular weight is 567 g/mol. The highest BCUT2D eigenvalue weighted by Crippen LogP contribution is 2.45. The maximum atomic E-state index is 13.1. The third kappa shape index (κ3) is 5.64. The Balaban J connectivity index is 1.45. The van der Waals surface area contributed by atoms with Crippen molar-refractivity contribution in [2.75, 3.05) is 13.2 Å². The number of aryl methyl sites for hydroxylation is 2. The van der Waals surface area contributed by atoms with Crippen molar-refractivity contribution in [3.63, 3.8) is 0 Å². The second-order valence-corrected chi connectivity index (χ2v) is 10.3. The number of furan rings is 1. The van der Waals surface area contributed by atoms with Gasteiger partial charge in [-0.25, -0.2) is 4.79 Å². The number of carbonyl (C=O) groups excluding carboxylic acids is 1. The SMILES string of the molecule is CCCCCOc1ccc(C2C(C#N)=C(N)Oc3cc(OC(=O)c4oc5cc(C)ccc5c4C)ccc32)cc1OCC. The van der Waals surface area contributed by atoms with Crippen LogP contribution in [0.2, 0.25) is 0 Å². The van der Waals surface area contributed by atoms with E-state index < -0.39 is 11.9 Å². The van der Waals surface area contributed by atoms with Crippen LogP contribution in [0.25, 0.3) is 11.0 Å². The molecular weight excluding hydrogens is 532 g/mol. The predicted octanol–water partition coefficient (Wildman–Crippen LogP) is 7.45. The van der Waals surface area contributed by atoms with Gasteiger partial charge in [0.25, 0.3) is 0 Å². The van der Waals surface area contributed by atoms with Crippen molar-refractivity contribution in [2.24, 2.45) is 5.73 Å². The number of benzene rings is 3. The third-order valence-electron chi connectivity index (χ3n) is 7.29. The number of rotatable bonds is 10. The molecule has 0 radical (unpaired) electrons. The van der Waals surface area contributed by atoms with Gasteiger partial charge in [0.1, 0.15) is 28.7 Å². The van der Waals surface area contributed by atoms with E-state index in [9.17, 15) is 10.1 Å². The van der Waals surface area contributed by atoms with E-state index in [4.69, 9.17) is 29.1 Å². The molecule has 2 heterocycles. The summed E-state index contributed by atoms with van der Waals surface area (Å²) in [7, 11) is 0. The first-order valence-corrected chi connectivity index (χ1v) is 14.2. The number of hydrogen-bond acceptors (Lipinski definition) is 8. The van der Waals surface area contributed by atoms with Crippen LogP contribution >= 0.6 is 0 Å². The molecule has 0 aliphatic carbocycles. The van der Waals surface area contributed by atoms with Crippen molar-refractivity contribution >= 4 is 16.9 Å². The van der Waals surface area contributed by atoms with Crippen LogP contribution in [0.5, 0.6) is 23.0 Å². The average Bonchev–Trinajstić information content (AvgIpc) is 3.30. The fourth-order valence-corrected chi connectivity index (χ4v) is 5.15. The molecule has 5 rings (SSSR count). The molecule has 4 aromatic rings. The molecule has 8 nitrogen and oxygen atoms in total. The maximum absolute atomic E-state index is 13.1. The highest BCUT2D eigenvalue weighted by Gasteiger charge is 2.32. The molecule has 0 spiro atoms. The largest absolute Gasteiger partial charge is 0.490 e.